The number of amides is 1. The highest BCUT2D eigenvalue weighted by atomic mass is 16.5. The standard InChI is InChI=1S/C24H31N3O4/c1-4-11-31-23(29)17-7-6-8-19(16(17)3)27-20-14-24(9-12-30-13-10-24)15-25-22(28)21(20)18(5-2)26-27/h6-8H,4-5,9-15H2,1-3H3,(H,25,28). The van der Waals surface area contributed by atoms with Crippen molar-refractivity contribution in [3.8, 4) is 5.69 Å². The second-order valence-corrected chi connectivity index (χ2v) is 8.59. The molecule has 1 fully saturated rings. The number of ether oxygens (including phenoxy) is 2. The lowest BCUT2D eigenvalue weighted by Crippen LogP contribution is -2.40. The highest BCUT2D eigenvalue weighted by Gasteiger charge is 2.40. The molecule has 0 aliphatic carbocycles. The van der Waals surface area contributed by atoms with E-state index in [1.807, 2.05) is 37.6 Å². The Balaban J connectivity index is 1.82. The van der Waals surface area contributed by atoms with Crippen molar-refractivity contribution in [1.29, 1.82) is 0 Å². The molecule has 1 amide bonds. The van der Waals surface area contributed by atoms with Crippen molar-refractivity contribution < 1.29 is 19.1 Å². The van der Waals surface area contributed by atoms with Gasteiger partial charge >= 0.3 is 5.97 Å². The van der Waals surface area contributed by atoms with Crippen molar-refractivity contribution in [3.05, 3.63) is 46.3 Å². The number of aryl methyl sites for hydroxylation is 1. The molecule has 0 saturated carbocycles. The Labute approximate surface area is 183 Å². The third-order valence-electron chi connectivity index (χ3n) is 6.53. The number of fused-ring (bicyclic) bond motifs is 1. The van der Waals surface area contributed by atoms with Crippen LogP contribution < -0.4 is 5.32 Å². The van der Waals surface area contributed by atoms with Crippen LogP contribution in [0.3, 0.4) is 0 Å². The summed E-state index contributed by atoms with van der Waals surface area (Å²) in [6, 6.07) is 5.59. The Bertz CT molecular complexity index is 989. The SMILES string of the molecule is CCCOC(=O)c1cccc(-n2nc(CC)c3c2CC2(CCOCC2)CNC3=O)c1C. The zero-order valence-electron chi connectivity index (χ0n) is 18.6. The van der Waals surface area contributed by atoms with Gasteiger partial charge in [0.2, 0.25) is 0 Å². The van der Waals surface area contributed by atoms with Crippen LogP contribution >= 0.6 is 0 Å². The highest BCUT2D eigenvalue weighted by molar-refractivity contribution is 5.97. The van der Waals surface area contributed by atoms with E-state index in [9.17, 15) is 9.59 Å². The molecule has 2 aliphatic heterocycles. The average molecular weight is 426 g/mol. The minimum absolute atomic E-state index is 0.0342. The molecule has 4 rings (SSSR count). The van der Waals surface area contributed by atoms with Crippen molar-refractivity contribution in [1.82, 2.24) is 15.1 Å². The van der Waals surface area contributed by atoms with Crippen molar-refractivity contribution in [2.24, 2.45) is 5.41 Å². The van der Waals surface area contributed by atoms with Crippen molar-refractivity contribution in [2.75, 3.05) is 26.4 Å². The minimum atomic E-state index is -0.325. The summed E-state index contributed by atoms with van der Waals surface area (Å²) in [5.41, 5.74) is 4.52. The second-order valence-electron chi connectivity index (χ2n) is 8.59. The summed E-state index contributed by atoms with van der Waals surface area (Å²) in [5.74, 6) is -0.383. The lowest BCUT2D eigenvalue weighted by atomic mass is 9.76. The molecule has 1 aromatic carbocycles. The van der Waals surface area contributed by atoms with Crippen LogP contribution in [0.15, 0.2) is 18.2 Å². The van der Waals surface area contributed by atoms with Gasteiger partial charge in [-0.25, -0.2) is 9.48 Å². The fourth-order valence-corrected chi connectivity index (χ4v) is 4.65. The normalized spacial score (nSPS) is 17.7. The largest absolute Gasteiger partial charge is 0.462 e. The Morgan fingerprint density at radius 3 is 2.77 bits per heavy atom. The number of benzene rings is 1. The quantitative estimate of drug-likeness (QED) is 0.743. The molecule has 1 N–H and O–H groups in total. The van der Waals surface area contributed by atoms with Gasteiger partial charge in [-0.05, 0) is 62.1 Å². The molecule has 7 heteroatoms. The molecule has 0 bridgehead atoms. The van der Waals surface area contributed by atoms with E-state index in [1.165, 1.54) is 0 Å². The van der Waals surface area contributed by atoms with Gasteiger partial charge in [0.15, 0.2) is 0 Å². The molecule has 0 atom stereocenters. The summed E-state index contributed by atoms with van der Waals surface area (Å²) in [7, 11) is 0. The summed E-state index contributed by atoms with van der Waals surface area (Å²) >= 11 is 0. The number of rotatable bonds is 5. The number of hydrogen-bond donors (Lipinski definition) is 1. The average Bonchev–Trinajstić information content (AvgIpc) is 3.07. The fourth-order valence-electron chi connectivity index (χ4n) is 4.65. The van der Waals surface area contributed by atoms with Gasteiger partial charge in [-0.15, -0.1) is 0 Å². The van der Waals surface area contributed by atoms with Crippen molar-refractivity contribution in [2.45, 2.75) is 52.9 Å². The molecule has 1 aromatic heterocycles. The van der Waals surface area contributed by atoms with E-state index < -0.39 is 0 Å². The van der Waals surface area contributed by atoms with E-state index in [-0.39, 0.29) is 17.3 Å². The summed E-state index contributed by atoms with van der Waals surface area (Å²) in [6.07, 6.45) is 4.00. The first kappa shape index (κ1) is 21.6. The van der Waals surface area contributed by atoms with E-state index in [1.54, 1.807) is 6.07 Å². The van der Waals surface area contributed by atoms with Crippen molar-refractivity contribution in [3.63, 3.8) is 0 Å². The number of aromatic nitrogens is 2. The van der Waals surface area contributed by atoms with Crippen LogP contribution in [-0.4, -0.2) is 48.0 Å². The fraction of sp³-hybridized carbons (Fsp3) is 0.542. The summed E-state index contributed by atoms with van der Waals surface area (Å²) in [6.45, 7) is 8.35. The van der Waals surface area contributed by atoms with Crippen LogP contribution in [0.2, 0.25) is 0 Å². The lowest BCUT2D eigenvalue weighted by Gasteiger charge is -2.36. The number of carbonyl (C=O) groups is 2. The molecule has 31 heavy (non-hydrogen) atoms. The zero-order chi connectivity index (χ0) is 22.0. The van der Waals surface area contributed by atoms with Crippen molar-refractivity contribution >= 4 is 11.9 Å². The number of nitrogens with zero attached hydrogens (tertiary/aromatic N) is 2. The molecule has 7 nitrogen and oxygen atoms in total. The summed E-state index contributed by atoms with van der Waals surface area (Å²) in [5, 5.41) is 7.99. The Kier molecular flexibility index (Phi) is 6.14. The van der Waals surface area contributed by atoms with Crippen LogP contribution in [-0.2, 0) is 22.3 Å². The molecule has 0 unspecified atom stereocenters. The first-order chi connectivity index (χ1) is 15.0. The Morgan fingerprint density at radius 2 is 2.06 bits per heavy atom. The van der Waals surface area contributed by atoms with Gasteiger partial charge in [-0.2, -0.15) is 5.10 Å². The van der Waals surface area contributed by atoms with Gasteiger partial charge in [-0.3, -0.25) is 4.79 Å². The maximum atomic E-state index is 13.1. The molecule has 2 aliphatic rings. The number of carbonyl (C=O) groups excluding carboxylic acids is 2. The first-order valence-corrected chi connectivity index (χ1v) is 11.2. The third-order valence-corrected chi connectivity index (χ3v) is 6.53. The highest BCUT2D eigenvalue weighted by Crippen LogP contribution is 2.38. The van der Waals surface area contributed by atoms with Gasteiger partial charge in [0, 0.05) is 19.8 Å². The monoisotopic (exact) mass is 425 g/mol. The molecule has 2 aromatic rings. The minimum Gasteiger partial charge on any atom is -0.462 e. The summed E-state index contributed by atoms with van der Waals surface area (Å²) < 4.78 is 12.9. The van der Waals surface area contributed by atoms with Crippen LogP contribution in [0.1, 0.15) is 70.8 Å². The van der Waals surface area contributed by atoms with Gasteiger partial charge in [-0.1, -0.05) is 19.9 Å². The van der Waals surface area contributed by atoms with E-state index in [2.05, 4.69) is 5.32 Å². The topological polar surface area (TPSA) is 82.5 Å². The number of nitrogens with one attached hydrogen (secondary N) is 1. The number of hydrogen-bond acceptors (Lipinski definition) is 5. The number of esters is 1. The van der Waals surface area contributed by atoms with Crippen LogP contribution in [0, 0.1) is 12.3 Å². The van der Waals surface area contributed by atoms with Gasteiger partial charge in [0.1, 0.15) is 0 Å². The predicted octanol–water partition coefficient (Wildman–Crippen LogP) is 3.39. The van der Waals surface area contributed by atoms with Gasteiger partial charge < -0.3 is 14.8 Å². The second kappa shape index (κ2) is 8.83. The van der Waals surface area contributed by atoms with E-state index >= 15 is 0 Å². The molecule has 0 radical (unpaired) electrons. The van der Waals surface area contributed by atoms with E-state index in [0.717, 1.165) is 48.3 Å². The predicted molar refractivity (Wildman–Crippen MR) is 117 cm³/mol. The zero-order valence-corrected chi connectivity index (χ0v) is 18.6. The molecule has 3 heterocycles. The smallest absolute Gasteiger partial charge is 0.338 e. The third kappa shape index (κ3) is 3.99. The molecule has 1 spiro atoms. The molecule has 166 valence electrons. The van der Waals surface area contributed by atoms with Crippen LogP contribution in [0.25, 0.3) is 5.69 Å². The summed E-state index contributed by atoms with van der Waals surface area (Å²) in [4.78, 5) is 25.6. The van der Waals surface area contributed by atoms with E-state index in [0.29, 0.717) is 43.9 Å². The van der Waals surface area contributed by atoms with Gasteiger partial charge in [0.25, 0.3) is 5.91 Å². The first-order valence-electron chi connectivity index (χ1n) is 11.2. The van der Waals surface area contributed by atoms with Crippen LogP contribution in [0.4, 0.5) is 0 Å². The molecular formula is C24H31N3O4. The molecule has 1 saturated heterocycles. The van der Waals surface area contributed by atoms with Gasteiger partial charge in [0.05, 0.1) is 34.8 Å². The Morgan fingerprint density at radius 1 is 1.29 bits per heavy atom. The van der Waals surface area contributed by atoms with Crippen LogP contribution in [0.5, 0.6) is 0 Å². The molecular weight excluding hydrogens is 394 g/mol. The van der Waals surface area contributed by atoms with E-state index in [4.69, 9.17) is 14.6 Å². The maximum Gasteiger partial charge on any atom is 0.338 e. The Hall–Kier alpha value is -2.67. The maximum absolute atomic E-state index is 13.1. The lowest BCUT2D eigenvalue weighted by molar-refractivity contribution is 0.0155.